The molecule has 2 N–H and O–H groups in total. The van der Waals surface area contributed by atoms with Crippen molar-refractivity contribution in [3.63, 3.8) is 0 Å². The predicted molar refractivity (Wildman–Crippen MR) is 119 cm³/mol. The zero-order chi connectivity index (χ0) is 23.0. The largest absolute Gasteiger partial charge is 0.456 e. The number of hydrogen-bond donors (Lipinski definition) is 2. The van der Waals surface area contributed by atoms with E-state index in [1.165, 1.54) is 24.3 Å². The fourth-order valence-electron chi connectivity index (χ4n) is 2.47. The van der Waals surface area contributed by atoms with Crippen LogP contribution < -0.4 is 10.6 Å². The normalized spacial score (nSPS) is 10.3. The Labute approximate surface area is 191 Å². The Kier molecular flexibility index (Phi) is 8.95. The molecular formula is C20H19BrClN3O6. The molecule has 2 aromatic carbocycles. The van der Waals surface area contributed by atoms with Gasteiger partial charge in [0.2, 0.25) is 5.91 Å². The number of nitrogens with one attached hydrogen (secondary N) is 2. The second-order valence-corrected chi connectivity index (χ2v) is 7.76. The van der Waals surface area contributed by atoms with E-state index in [1.807, 2.05) is 0 Å². The number of benzene rings is 2. The number of carbonyl (C=O) groups excluding carboxylic acids is 3. The van der Waals surface area contributed by atoms with Gasteiger partial charge in [-0.2, -0.15) is 0 Å². The van der Waals surface area contributed by atoms with Gasteiger partial charge in [0.1, 0.15) is 0 Å². The number of nitro benzene ring substituents is 1. The minimum Gasteiger partial charge on any atom is -0.456 e. The third-order valence-corrected chi connectivity index (χ3v) is 5.25. The molecule has 9 nitrogen and oxygen atoms in total. The van der Waals surface area contributed by atoms with Crippen LogP contribution in [-0.2, 0) is 19.1 Å². The molecule has 11 heteroatoms. The topological polar surface area (TPSA) is 128 Å². The van der Waals surface area contributed by atoms with Crippen LogP contribution >= 0.6 is 27.5 Å². The first kappa shape index (κ1) is 24.3. The summed E-state index contributed by atoms with van der Waals surface area (Å²) < 4.78 is 5.62. The standard InChI is InChI=1S/C20H19BrClN3O6/c1-12-9-15(21)16(22)10-17(12)24-19(27)11-31-20(28)4-2-3-18(26)23-13-5-7-14(8-6-13)25(29)30/h5-10H,2-4,11H2,1H3,(H,23,26)(H,24,27). The van der Waals surface area contributed by atoms with Gasteiger partial charge in [-0.3, -0.25) is 24.5 Å². The molecule has 0 heterocycles. The molecule has 0 saturated heterocycles. The maximum absolute atomic E-state index is 12.0. The molecule has 31 heavy (non-hydrogen) atoms. The van der Waals surface area contributed by atoms with Gasteiger partial charge in [-0.25, -0.2) is 0 Å². The van der Waals surface area contributed by atoms with Gasteiger partial charge in [-0.1, -0.05) is 11.6 Å². The van der Waals surface area contributed by atoms with Crippen LogP contribution in [0.2, 0.25) is 5.02 Å². The molecule has 2 rings (SSSR count). The van der Waals surface area contributed by atoms with Gasteiger partial charge in [-0.15, -0.1) is 0 Å². The van der Waals surface area contributed by atoms with E-state index in [2.05, 4.69) is 26.6 Å². The molecule has 0 bridgehead atoms. The summed E-state index contributed by atoms with van der Waals surface area (Å²) in [6.07, 6.45) is 0.236. The highest BCUT2D eigenvalue weighted by molar-refractivity contribution is 9.10. The number of nitrogens with zero attached hydrogens (tertiary/aromatic N) is 1. The van der Waals surface area contributed by atoms with Gasteiger partial charge in [0.25, 0.3) is 11.6 Å². The van der Waals surface area contributed by atoms with Crippen molar-refractivity contribution in [2.45, 2.75) is 26.2 Å². The summed E-state index contributed by atoms with van der Waals surface area (Å²) in [5.74, 6) is -1.46. The molecule has 0 aliphatic heterocycles. The lowest BCUT2D eigenvalue weighted by atomic mass is 10.2. The Morgan fingerprint density at radius 2 is 1.77 bits per heavy atom. The number of carbonyl (C=O) groups is 3. The molecule has 0 fully saturated rings. The zero-order valence-corrected chi connectivity index (χ0v) is 18.8. The molecule has 0 saturated carbocycles. The van der Waals surface area contributed by atoms with Gasteiger partial charge in [0.15, 0.2) is 6.61 Å². The monoisotopic (exact) mass is 511 g/mol. The van der Waals surface area contributed by atoms with E-state index >= 15 is 0 Å². The number of hydrogen-bond acceptors (Lipinski definition) is 6. The lowest BCUT2D eigenvalue weighted by molar-refractivity contribution is -0.384. The number of amides is 2. The number of anilines is 2. The maximum atomic E-state index is 12.0. The predicted octanol–water partition coefficient (Wildman–Crippen LogP) is 4.61. The highest BCUT2D eigenvalue weighted by atomic mass is 79.9. The molecule has 0 aliphatic carbocycles. The molecule has 0 radical (unpaired) electrons. The molecule has 2 amide bonds. The van der Waals surface area contributed by atoms with Crippen molar-refractivity contribution in [3.8, 4) is 0 Å². The van der Waals surface area contributed by atoms with Crippen molar-refractivity contribution >= 4 is 62.4 Å². The van der Waals surface area contributed by atoms with Crippen molar-refractivity contribution < 1.29 is 24.0 Å². The zero-order valence-electron chi connectivity index (χ0n) is 16.4. The maximum Gasteiger partial charge on any atom is 0.306 e. The summed E-state index contributed by atoms with van der Waals surface area (Å²) in [5.41, 5.74) is 1.63. The van der Waals surface area contributed by atoms with Gasteiger partial charge in [0, 0.05) is 40.8 Å². The van der Waals surface area contributed by atoms with Crippen molar-refractivity contribution in [1.82, 2.24) is 0 Å². The van der Waals surface area contributed by atoms with E-state index in [0.29, 0.717) is 20.9 Å². The van der Waals surface area contributed by atoms with Crippen LogP contribution in [0, 0.1) is 17.0 Å². The van der Waals surface area contributed by atoms with Crippen LogP contribution in [0.4, 0.5) is 17.1 Å². The van der Waals surface area contributed by atoms with Crippen LogP contribution in [0.1, 0.15) is 24.8 Å². The van der Waals surface area contributed by atoms with Crippen molar-refractivity contribution in [3.05, 3.63) is 61.6 Å². The number of ether oxygens (including phenoxy) is 1. The summed E-state index contributed by atoms with van der Waals surface area (Å²) >= 11 is 9.30. The summed E-state index contributed by atoms with van der Waals surface area (Å²) in [4.78, 5) is 45.7. The molecule has 0 atom stereocenters. The van der Waals surface area contributed by atoms with Crippen LogP contribution in [0.15, 0.2) is 40.9 Å². The van der Waals surface area contributed by atoms with Crippen LogP contribution in [0.3, 0.4) is 0 Å². The van der Waals surface area contributed by atoms with Crippen molar-refractivity contribution in [2.75, 3.05) is 17.2 Å². The van der Waals surface area contributed by atoms with Crippen LogP contribution in [-0.4, -0.2) is 29.3 Å². The Balaban J connectivity index is 1.68. The SMILES string of the molecule is Cc1cc(Br)c(Cl)cc1NC(=O)COC(=O)CCCC(=O)Nc1ccc([N+](=O)[O-])cc1. The first-order valence-corrected chi connectivity index (χ1v) is 10.3. The van der Waals surface area contributed by atoms with E-state index in [9.17, 15) is 24.5 Å². The second-order valence-electron chi connectivity index (χ2n) is 6.50. The highest BCUT2D eigenvalue weighted by Gasteiger charge is 2.12. The highest BCUT2D eigenvalue weighted by Crippen LogP contribution is 2.28. The number of rotatable bonds is 9. The van der Waals surface area contributed by atoms with E-state index in [4.69, 9.17) is 16.3 Å². The summed E-state index contributed by atoms with van der Waals surface area (Å²) in [6.45, 7) is 1.34. The van der Waals surface area contributed by atoms with E-state index in [0.717, 1.165) is 5.56 Å². The average Bonchev–Trinajstić information content (AvgIpc) is 2.71. The van der Waals surface area contributed by atoms with E-state index in [1.54, 1.807) is 19.1 Å². The second kappa shape index (κ2) is 11.4. The smallest absolute Gasteiger partial charge is 0.306 e. The number of aryl methyl sites for hydroxylation is 1. The Hall–Kier alpha value is -2.98. The molecular weight excluding hydrogens is 494 g/mol. The number of non-ortho nitro benzene ring substituents is 1. The van der Waals surface area contributed by atoms with E-state index in [-0.39, 0.29) is 30.9 Å². The summed E-state index contributed by atoms with van der Waals surface area (Å²) in [7, 11) is 0. The van der Waals surface area contributed by atoms with Gasteiger partial charge in [0.05, 0.1) is 9.95 Å². The fraction of sp³-hybridized carbons (Fsp3) is 0.250. The number of halogens is 2. The number of nitro groups is 1. The summed E-state index contributed by atoms with van der Waals surface area (Å²) in [6, 6.07) is 8.74. The third kappa shape index (κ3) is 7.99. The van der Waals surface area contributed by atoms with Crippen LogP contribution in [0.25, 0.3) is 0 Å². The number of esters is 1. The molecule has 164 valence electrons. The molecule has 0 aliphatic rings. The van der Waals surface area contributed by atoms with Gasteiger partial charge < -0.3 is 15.4 Å². The summed E-state index contributed by atoms with van der Waals surface area (Å²) in [5, 5.41) is 16.2. The van der Waals surface area contributed by atoms with Crippen molar-refractivity contribution in [2.24, 2.45) is 0 Å². The van der Waals surface area contributed by atoms with Crippen molar-refractivity contribution in [1.29, 1.82) is 0 Å². The third-order valence-electron chi connectivity index (χ3n) is 4.05. The molecule has 0 unspecified atom stereocenters. The Morgan fingerprint density at radius 1 is 1.10 bits per heavy atom. The molecule has 0 spiro atoms. The quantitative estimate of drug-likeness (QED) is 0.287. The first-order chi connectivity index (χ1) is 14.7. The lowest BCUT2D eigenvalue weighted by Gasteiger charge is -2.10. The minimum atomic E-state index is -0.608. The van der Waals surface area contributed by atoms with E-state index < -0.39 is 23.4 Å². The first-order valence-electron chi connectivity index (χ1n) is 9.11. The average molecular weight is 513 g/mol. The fourth-order valence-corrected chi connectivity index (χ4v) is 3.09. The van der Waals surface area contributed by atoms with Gasteiger partial charge >= 0.3 is 5.97 Å². The van der Waals surface area contributed by atoms with Gasteiger partial charge in [-0.05, 0) is 59.1 Å². The minimum absolute atomic E-state index is 0.0376. The molecule has 0 aromatic heterocycles. The van der Waals surface area contributed by atoms with Crippen LogP contribution in [0.5, 0.6) is 0 Å². The molecule has 2 aromatic rings. The Bertz CT molecular complexity index is 997. The Morgan fingerprint density at radius 3 is 2.42 bits per heavy atom. The lowest BCUT2D eigenvalue weighted by Crippen LogP contribution is -2.21.